The van der Waals surface area contributed by atoms with Gasteiger partial charge in [0, 0.05) is 17.3 Å². The predicted molar refractivity (Wildman–Crippen MR) is 99.5 cm³/mol. The van der Waals surface area contributed by atoms with Crippen LogP contribution in [-0.2, 0) is 0 Å². The van der Waals surface area contributed by atoms with Crippen molar-refractivity contribution in [2.45, 2.75) is 6.92 Å². The second kappa shape index (κ2) is 6.68. The predicted octanol–water partition coefficient (Wildman–Crippen LogP) is 4.31. The van der Waals surface area contributed by atoms with Crippen LogP contribution >= 0.6 is 0 Å². The zero-order chi connectivity index (χ0) is 17.9. The fraction of sp³-hybridized carbons (Fsp3) is 0.0500. The number of anilines is 1. The molecule has 4 rings (SSSR count). The number of nitrogens with one attached hydrogen (secondary N) is 2. The normalized spacial score (nSPS) is 10.7. The molecular formula is C20H16N4O2. The zero-order valence-electron chi connectivity index (χ0n) is 14.1. The SMILES string of the molecule is Cc1cc(NC(=O)c2cccc3cn[nH]c23)ccc1Oc1cccnc1. The van der Waals surface area contributed by atoms with Gasteiger partial charge in [-0.3, -0.25) is 14.9 Å². The number of H-pyrrole nitrogens is 1. The van der Waals surface area contributed by atoms with Gasteiger partial charge in [-0.2, -0.15) is 5.10 Å². The van der Waals surface area contributed by atoms with Crippen molar-refractivity contribution in [1.29, 1.82) is 0 Å². The average Bonchev–Trinajstić information content (AvgIpc) is 3.13. The number of carbonyl (C=O) groups is 1. The number of hydrogen-bond acceptors (Lipinski definition) is 4. The molecule has 6 nitrogen and oxygen atoms in total. The Morgan fingerprint density at radius 2 is 2.04 bits per heavy atom. The molecule has 26 heavy (non-hydrogen) atoms. The summed E-state index contributed by atoms with van der Waals surface area (Å²) in [7, 11) is 0. The molecule has 0 saturated heterocycles. The molecule has 6 heteroatoms. The molecule has 1 amide bonds. The Morgan fingerprint density at radius 1 is 1.12 bits per heavy atom. The van der Waals surface area contributed by atoms with Crippen molar-refractivity contribution in [1.82, 2.24) is 15.2 Å². The summed E-state index contributed by atoms with van der Waals surface area (Å²) in [6, 6.07) is 14.7. The molecule has 2 heterocycles. The highest BCUT2D eigenvalue weighted by Gasteiger charge is 2.12. The van der Waals surface area contributed by atoms with Gasteiger partial charge >= 0.3 is 0 Å². The van der Waals surface area contributed by atoms with Crippen LogP contribution in [-0.4, -0.2) is 21.1 Å². The van der Waals surface area contributed by atoms with Crippen LogP contribution in [0.25, 0.3) is 10.9 Å². The van der Waals surface area contributed by atoms with E-state index in [1.54, 1.807) is 24.7 Å². The largest absolute Gasteiger partial charge is 0.455 e. The topological polar surface area (TPSA) is 79.9 Å². The van der Waals surface area contributed by atoms with Crippen LogP contribution in [0.3, 0.4) is 0 Å². The van der Waals surface area contributed by atoms with Crippen LogP contribution in [0.4, 0.5) is 5.69 Å². The highest BCUT2D eigenvalue weighted by atomic mass is 16.5. The Kier molecular flexibility index (Phi) is 4.07. The molecule has 4 aromatic rings. The summed E-state index contributed by atoms with van der Waals surface area (Å²) in [5.41, 5.74) is 2.88. The molecule has 0 atom stereocenters. The second-order valence-electron chi connectivity index (χ2n) is 5.86. The highest BCUT2D eigenvalue weighted by Crippen LogP contribution is 2.27. The first kappa shape index (κ1) is 15.8. The average molecular weight is 344 g/mol. The van der Waals surface area contributed by atoms with Crippen LogP contribution in [0.5, 0.6) is 11.5 Å². The van der Waals surface area contributed by atoms with E-state index >= 15 is 0 Å². The fourth-order valence-corrected chi connectivity index (χ4v) is 2.73. The van der Waals surface area contributed by atoms with Gasteiger partial charge in [-0.25, -0.2) is 0 Å². The summed E-state index contributed by atoms with van der Waals surface area (Å²) in [6.45, 7) is 1.93. The molecule has 2 N–H and O–H groups in total. The van der Waals surface area contributed by atoms with Gasteiger partial charge in [0.1, 0.15) is 11.5 Å². The lowest BCUT2D eigenvalue weighted by atomic mass is 10.1. The number of nitrogens with zero attached hydrogens (tertiary/aromatic N) is 2. The maximum atomic E-state index is 12.6. The monoisotopic (exact) mass is 344 g/mol. The molecule has 0 aliphatic rings. The van der Waals surface area contributed by atoms with E-state index in [0.717, 1.165) is 16.5 Å². The van der Waals surface area contributed by atoms with E-state index in [0.29, 0.717) is 22.7 Å². The number of aromatic amines is 1. The van der Waals surface area contributed by atoms with E-state index in [1.807, 2.05) is 49.4 Å². The van der Waals surface area contributed by atoms with Crippen molar-refractivity contribution < 1.29 is 9.53 Å². The summed E-state index contributed by atoms with van der Waals surface area (Å²) in [4.78, 5) is 16.6. The Labute approximate surface area is 149 Å². The van der Waals surface area contributed by atoms with Crippen LogP contribution in [0, 0.1) is 6.92 Å². The van der Waals surface area contributed by atoms with Gasteiger partial charge in [0.2, 0.25) is 0 Å². The lowest BCUT2D eigenvalue weighted by Gasteiger charge is -2.11. The highest BCUT2D eigenvalue weighted by molar-refractivity contribution is 6.11. The molecule has 2 aromatic heterocycles. The number of para-hydroxylation sites is 1. The Morgan fingerprint density at radius 3 is 2.85 bits per heavy atom. The van der Waals surface area contributed by atoms with Crippen molar-refractivity contribution in [3.8, 4) is 11.5 Å². The van der Waals surface area contributed by atoms with E-state index in [-0.39, 0.29) is 5.91 Å². The van der Waals surface area contributed by atoms with Crippen LogP contribution < -0.4 is 10.1 Å². The first-order valence-electron chi connectivity index (χ1n) is 8.13. The van der Waals surface area contributed by atoms with E-state index in [4.69, 9.17) is 4.74 Å². The van der Waals surface area contributed by atoms with Crippen molar-refractivity contribution >= 4 is 22.5 Å². The van der Waals surface area contributed by atoms with Gasteiger partial charge in [-0.05, 0) is 48.9 Å². The molecule has 2 aromatic carbocycles. The van der Waals surface area contributed by atoms with E-state index in [2.05, 4.69) is 20.5 Å². The number of carbonyl (C=O) groups excluding carboxylic acids is 1. The molecule has 0 aliphatic carbocycles. The lowest BCUT2D eigenvalue weighted by Crippen LogP contribution is -2.12. The van der Waals surface area contributed by atoms with Gasteiger partial charge < -0.3 is 10.1 Å². The van der Waals surface area contributed by atoms with Crippen LogP contribution in [0.15, 0.2) is 67.1 Å². The third kappa shape index (κ3) is 3.12. The van der Waals surface area contributed by atoms with E-state index in [1.165, 1.54) is 0 Å². The molecule has 0 spiro atoms. The maximum absolute atomic E-state index is 12.6. The smallest absolute Gasteiger partial charge is 0.257 e. The number of amides is 1. The summed E-state index contributed by atoms with van der Waals surface area (Å²) < 4.78 is 5.81. The molecule has 0 radical (unpaired) electrons. The maximum Gasteiger partial charge on any atom is 0.257 e. The van der Waals surface area contributed by atoms with Crippen LogP contribution in [0.1, 0.15) is 15.9 Å². The summed E-state index contributed by atoms with van der Waals surface area (Å²) >= 11 is 0. The number of benzene rings is 2. The Hall–Kier alpha value is -3.67. The molecule has 0 aliphatic heterocycles. The number of fused-ring (bicyclic) bond motifs is 1. The van der Waals surface area contributed by atoms with E-state index < -0.39 is 0 Å². The third-order valence-electron chi connectivity index (χ3n) is 4.02. The molecular weight excluding hydrogens is 328 g/mol. The van der Waals surface area contributed by atoms with Crippen LogP contribution in [0.2, 0.25) is 0 Å². The number of ether oxygens (including phenoxy) is 1. The van der Waals surface area contributed by atoms with Crippen molar-refractivity contribution in [2.24, 2.45) is 0 Å². The van der Waals surface area contributed by atoms with Gasteiger partial charge in [0.05, 0.1) is 23.5 Å². The minimum atomic E-state index is -0.194. The molecule has 0 saturated carbocycles. The number of hydrogen-bond donors (Lipinski definition) is 2. The van der Waals surface area contributed by atoms with Gasteiger partial charge in [0.25, 0.3) is 5.91 Å². The van der Waals surface area contributed by atoms with E-state index in [9.17, 15) is 4.79 Å². The summed E-state index contributed by atoms with van der Waals surface area (Å²) in [5.74, 6) is 1.19. The van der Waals surface area contributed by atoms with Gasteiger partial charge in [-0.15, -0.1) is 0 Å². The van der Waals surface area contributed by atoms with Crippen molar-refractivity contribution in [3.63, 3.8) is 0 Å². The minimum absolute atomic E-state index is 0.194. The Balaban J connectivity index is 1.54. The number of aromatic nitrogens is 3. The summed E-state index contributed by atoms with van der Waals surface area (Å²) in [5, 5.41) is 10.7. The molecule has 0 bridgehead atoms. The third-order valence-corrected chi connectivity index (χ3v) is 4.02. The minimum Gasteiger partial charge on any atom is -0.455 e. The number of pyridine rings is 1. The fourth-order valence-electron chi connectivity index (χ4n) is 2.73. The quantitative estimate of drug-likeness (QED) is 0.578. The first-order valence-corrected chi connectivity index (χ1v) is 8.13. The first-order chi connectivity index (χ1) is 12.7. The van der Waals surface area contributed by atoms with Gasteiger partial charge in [-0.1, -0.05) is 12.1 Å². The molecule has 0 fully saturated rings. The standard InChI is InChI=1S/C20H16N4O2/c1-13-10-15(7-8-18(13)26-16-5-3-9-21-12-16)23-20(25)17-6-2-4-14-11-22-24-19(14)17/h2-12H,1H3,(H,22,24)(H,23,25). The lowest BCUT2D eigenvalue weighted by molar-refractivity contribution is 0.102. The van der Waals surface area contributed by atoms with Gasteiger partial charge in [0.15, 0.2) is 0 Å². The second-order valence-corrected chi connectivity index (χ2v) is 5.86. The molecule has 0 unspecified atom stereocenters. The van der Waals surface area contributed by atoms with Crippen molar-refractivity contribution in [2.75, 3.05) is 5.32 Å². The number of rotatable bonds is 4. The molecule has 128 valence electrons. The Bertz CT molecular complexity index is 1070. The summed E-state index contributed by atoms with van der Waals surface area (Å²) in [6.07, 6.45) is 5.04. The number of aryl methyl sites for hydroxylation is 1. The zero-order valence-corrected chi connectivity index (χ0v) is 14.1. The van der Waals surface area contributed by atoms with Crippen molar-refractivity contribution in [3.05, 3.63) is 78.2 Å².